The second kappa shape index (κ2) is 6.26. The molecule has 5 rings (SSSR count). The van der Waals surface area contributed by atoms with E-state index in [0.29, 0.717) is 6.04 Å². The van der Waals surface area contributed by atoms with Crippen molar-refractivity contribution in [3.63, 3.8) is 0 Å². The van der Waals surface area contributed by atoms with Crippen LogP contribution in [0.15, 0.2) is 48.1 Å². The van der Waals surface area contributed by atoms with Gasteiger partial charge < -0.3 is 9.64 Å². The van der Waals surface area contributed by atoms with Gasteiger partial charge in [0.05, 0.1) is 25.5 Å². The smallest absolute Gasteiger partial charge is 0.148 e. The molecule has 1 fully saturated rings. The quantitative estimate of drug-likeness (QED) is 0.601. The standard InChI is InChI=1S/C19H19N5OS/c1-13-12-25-9-8-23(13)18-11-15(16-3-2-10-26-16)14-5-7-24(19(14)21-18)17-4-6-20-22-17/h2-7,10-11,13H,8-9,12H2,1H3,(H,20,22)/t13-/m1/s1. The van der Waals surface area contributed by atoms with Crippen LogP contribution in [0.5, 0.6) is 0 Å². The van der Waals surface area contributed by atoms with Crippen molar-refractivity contribution in [2.24, 2.45) is 0 Å². The highest BCUT2D eigenvalue weighted by Crippen LogP contribution is 2.35. The summed E-state index contributed by atoms with van der Waals surface area (Å²) in [7, 11) is 0. The fraction of sp³-hybridized carbons (Fsp3) is 0.263. The molecular weight excluding hydrogens is 346 g/mol. The van der Waals surface area contributed by atoms with Gasteiger partial charge >= 0.3 is 0 Å². The molecule has 1 aliphatic rings. The Morgan fingerprint density at radius 3 is 3.04 bits per heavy atom. The Morgan fingerprint density at radius 1 is 1.31 bits per heavy atom. The Morgan fingerprint density at radius 2 is 2.27 bits per heavy atom. The highest BCUT2D eigenvalue weighted by molar-refractivity contribution is 7.13. The third-order valence-electron chi connectivity index (χ3n) is 4.84. The van der Waals surface area contributed by atoms with Crippen LogP contribution >= 0.6 is 11.3 Å². The molecule has 1 saturated heterocycles. The van der Waals surface area contributed by atoms with E-state index in [-0.39, 0.29) is 0 Å². The van der Waals surface area contributed by atoms with Crippen molar-refractivity contribution in [1.82, 2.24) is 19.7 Å². The monoisotopic (exact) mass is 365 g/mol. The number of H-pyrrole nitrogens is 1. The number of rotatable bonds is 3. The molecule has 7 heteroatoms. The molecule has 4 aromatic heterocycles. The normalized spacial score (nSPS) is 17.9. The summed E-state index contributed by atoms with van der Waals surface area (Å²) in [6, 6.07) is 10.9. The number of pyridine rings is 1. The minimum Gasteiger partial charge on any atom is -0.377 e. The Balaban J connectivity index is 1.74. The van der Waals surface area contributed by atoms with Gasteiger partial charge in [-0.05, 0) is 30.5 Å². The summed E-state index contributed by atoms with van der Waals surface area (Å²) in [6.07, 6.45) is 3.81. The lowest BCUT2D eigenvalue weighted by molar-refractivity contribution is 0.0986. The number of morpholine rings is 1. The minimum absolute atomic E-state index is 0.306. The van der Waals surface area contributed by atoms with Crippen LogP contribution < -0.4 is 4.90 Å². The number of ether oxygens (including phenoxy) is 1. The molecule has 0 bridgehead atoms. The average molecular weight is 365 g/mol. The van der Waals surface area contributed by atoms with Crippen molar-refractivity contribution in [3.8, 4) is 16.3 Å². The van der Waals surface area contributed by atoms with Crippen molar-refractivity contribution >= 4 is 28.2 Å². The van der Waals surface area contributed by atoms with E-state index in [1.165, 1.54) is 10.4 Å². The highest BCUT2D eigenvalue weighted by atomic mass is 32.1. The summed E-state index contributed by atoms with van der Waals surface area (Å²) in [4.78, 5) is 8.62. The molecule has 0 radical (unpaired) electrons. The van der Waals surface area contributed by atoms with E-state index in [1.807, 2.05) is 6.07 Å². The summed E-state index contributed by atoms with van der Waals surface area (Å²) in [6.45, 7) is 4.51. The number of nitrogens with one attached hydrogen (secondary N) is 1. The van der Waals surface area contributed by atoms with Gasteiger partial charge in [-0.3, -0.25) is 9.67 Å². The van der Waals surface area contributed by atoms with E-state index in [4.69, 9.17) is 9.72 Å². The fourth-order valence-corrected chi connectivity index (χ4v) is 4.28. The molecule has 1 N–H and O–H groups in total. The van der Waals surface area contributed by atoms with E-state index < -0.39 is 0 Å². The number of anilines is 1. The number of hydrogen-bond donors (Lipinski definition) is 1. The van der Waals surface area contributed by atoms with Crippen LogP contribution in [0.2, 0.25) is 0 Å². The average Bonchev–Trinajstić information content (AvgIpc) is 3.41. The highest BCUT2D eigenvalue weighted by Gasteiger charge is 2.23. The molecule has 5 heterocycles. The molecule has 0 unspecified atom stereocenters. The van der Waals surface area contributed by atoms with Gasteiger partial charge in [-0.25, -0.2) is 4.98 Å². The first kappa shape index (κ1) is 15.6. The minimum atomic E-state index is 0.306. The first-order valence-corrected chi connectivity index (χ1v) is 9.59. The lowest BCUT2D eigenvalue weighted by atomic mass is 10.1. The van der Waals surface area contributed by atoms with E-state index in [9.17, 15) is 0 Å². The van der Waals surface area contributed by atoms with Gasteiger partial charge in [0.15, 0.2) is 0 Å². The predicted molar refractivity (Wildman–Crippen MR) is 104 cm³/mol. The second-order valence-corrected chi connectivity index (χ2v) is 7.44. The number of nitrogens with zero attached hydrogens (tertiary/aromatic N) is 4. The van der Waals surface area contributed by atoms with Crippen molar-refractivity contribution in [2.45, 2.75) is 13.0 Å². The topological polar surface area (TPSA) is 59.0 Å². The van der Waals surface area contributed by atoms with Gasteiger partial charge in [0.25, 0.3) is 0 Å². The van der Waals surface area contributed by atoms with Gasteiger partial charge in [-0.1, -0.05) is 6.07 Å². The molecule has 132 valence electrons. The van der Waals surface area contributed by atoms with Gasteiger partial charge in [-0.15, -0.1) is 11.3 Å². The molecule has 0 spiro atoms. The summed E-state index contributed by atoms with van der Waals surface area (Å²) in [5.41, 5.74) is 2.16. The van der Waals surface area contributed by atoms with Gasteiger partial charge in [0.1, 0.15) is 17.3 Å². The summed E-state index contributed by atoms with van der Waals surface area (Å²) < 4.78 is 7.67. The summed E-state index contributed by atoms with van der Waals surface area (Å²) in [5.74, 6) is 1.91. The SMILES string of the molecule is C[C@@H]1COCCN1c1cc(-c2cccs2)c2ccn(-c3ccn[nH]3)c2n1. The maximum atomic E-state index is 5.61. The van der Waals surface area contributed by atoms with E-state index in [2.05, 4.69) is 62.4 Å². The van der Waals surface area contributed by atoms with E-state index >= 15 is 0 Å². The summed E-state index contributed by atoms with van der Waals surface area (Å²) >= 11 is 1.75. The Hall–Kier alpha value is -2.64. The molecule has 26 heavy (non-hydrogen) atoms. The van der Waals surface area contributed by atoms with Gasteiger partial charge in [0, 0.05) is 34.6 Å². The van der Waals surface area contributed by atoms with E-state index in [0.717, 1.165) is 42.4 Å². The molecule has 0 aromatic carbocycles. The van der Waals surface area contributed by atoms with Crippen LogP contribution in [-0.4, -0.2) is 45.5 Å². The van der Waals surface area contributed by atoms with Crippen molar-refractivity contribution in [1.29, 1.82) is 0 Å². The molecule has 0 saturated carbocycles. The van der Waals surface area contributed by atoms with Crippen molar-refractivity contribution < 1.29 is 4.74 Å². The first-order valence-electron chi connectivity index (χ1n) is 8.71. The second-order valence-electron chi connectivity index (χ2n) is 6.49. The van der Waals surface area contributed by atoms with Crippen LogP contribution in [0, 0.1) is 0 Å². The zero-order valence-corrected chi connectivity index (χ0v) is 15.2. The maximum absolute atomic E-state index is 5.61. The van der Waals surface area contributed by atoms with Crippen LogP contribution in [0.25, 0.3) is 27.3 Å². The number of thiophene rings is 1. The molecule has 1 atom stereocenters. The Kier molecular flexibility index (Phi) is 3.76. The lowest BCUT2D eigenvalue weighted by Gasteiger charge is -2.34. The van der Waals surface area contributed by atoms with Crippen molar-refractivity contribution in [2.75, 3.05) is 24.7 Å². The van der Waals surface area contributed by atoms with Gasteiger partial charge in [0.2, 0.25) is 0 Å². The number of hydrogen-bond acceptors (Lipinski definition) is 5. The van der Waals surface area contributed by atoms with Crippen LogP contribution in [0.3, 0.4) is 0 Å². The zero-order chi connectivity index (χ0) is 17.5. The molecular formula is C19H19N5OS. The Bertz CT molecular complexity index is 1020. The fourth-order valence-electron chi connectivity index (χ4n) is 3.52. The van der Waals surface area contributed by atoms with Crippen LogP contribution in [0.4, 0.5) is 5.82 Å². The Labute approximate surface area is 155 Å². The predicted octanol–water partition coefficient (Wildman–Crippen LogP) is 3.70. The lowest BCUT2D eigenvalue weighted by Crippen LogP contribution is -2.44. The molecule has 4 aromatic rings. The largest absolute Gasteiger partial charge is 0.377 e. The third kappa shape index (κ3) is 2.51. The molecule has 6 nitrogen and oxygen atoms in total. The zero-order valence-electron chi connectivity index (χ0n) is 14.4. The van der Waals surface area contributed by atoms with Crippen LogP contribution in [-0.2, 0) is 4.74 Å². The maximum Gasteiger partial charge on any atom is 0.148 e. The van der Waals surface area contributed by atoms with Crippen LogP contribution in [0.1, 0.15) is 6.92 Å². The van der Waals surface area contributed by atoms with E-state index in [1.54, 1.807) is 17.5 Å². The van der Waals surface area contributed by atoms with Crippen molar-refractivity contribution in [3.05, 3.63) is 48.1 Å². The molecule has 0 aliphatic carbocycles. The third-order valence-corrected chi connectivity index (χ3v) is 5.74. The first-order chi connectivity index (χ1) is 12.8. The number of fused-ring (bicyclic) bond motifs is 1. The van der Waals surface area contributed by atoms with Gasteiger partial charge in [-0.2, -0.15) is 5.10 Å². The molecule has 1 aliphatic heterocycles. The number of aromatic nitrogens is 4. The summed E-state index contributed by atoms with van der Waals surface area (Å²) in [5, 5.41) is 10.4. The molecule has 0 amide bonds. The number of aromatic amines is 1.